The molecular formula is C22H16Cl2N4O3. The van der Waals surface area contributed by atoms with E-state index in [1.54, 1.807) is 35.1 Å². The lowest BCUT2D eigenvalue weighted by molar-refractivity contribution is -0.123. The van der Waals surface area contributed by atoms with Gasteiger partial charge in [-0.1, -0.05) is 41.4 Å². The zero-order chi connectivity index (χ0) is 21.6. The number of hydrogen-bond acceptors (Lipinski definition) is 5. The first-order chi connectivity index (χ1) is 15.1. The first-order valence-corrected chi connectivity index (χ1v) is 9.94. The Bertz CT molecular complexity index is 1200. The van der Waals surface area contributed by atoms with Gasteiger partial charge >= 0.3 is 0 Å². The molecule has 7 nitrogen and oxygen atoms in total. The highest BCUT2D eigenvalue weighted by atomic mass is 35.5. The normalized spacial score (nSPS) is 11.0. The van der Waals surface area contributed by atoms with Crippen molar-refractivity contribution in [3.8, 4) is 22.7 Å². The minimum atomic E-state index is -0.462. The Labute approximate surface area is 187 Å². The quantitative estimate of drug-likeness (QED) is 0.315. The molecule has 31 heavy (non-hydrogen) atoms. The zero-order valence-corrected chi connectivity index (χ0v) is 17.5. The predicted molar refractivity (Wildman–Crippen MR) is 119 cm³/mol. The summed E-state index contributed by atoms with van der Waals surface area (Å²) in [5, 5.41) is 8.92. The third-order valence-corrected chi connectivity index (χ3v) is 4.70. The molecule has 4 aromatic rings. The largest absolute Gasteiger partial charge is 0.481 e. The smallest absolute Gasteiger partial charge is 0.277 e. The van der Waals surface area contributed by atoms with Gasteiger partial charge in [-0.2, -0.15) is 10.2 Å². The Hall–Kier alpha value is -3.55. The summed E-state index contributed by atoms with van der Waals surface area (Å²) in [5.41, 5.74) is 4.54. The Balaban J connectivity index is 1.56. The summed E-state index contributed by atoms with van der Waals surface area (Å²) in [6, 6.07) is 18.1. The van der Waals surface area contributed by atoms with E-state index in [1.807, 2.05) is 36.4 Å². The maximum Gasteiger partial charge on any atom is 0.277 e. The molecule has 156 valence electrons. The number of rotatable bonds is 7. The molecule has 0 fully saturated rings. The lowest BCUT2D eigenvalue weighted by Gasteiger charge is -2.15. The van der Waals surface area contributed by atoms with Crippen LogP contribution in [-0.2, 0) is 4.79 Å². The first kappa shape index (κ1) is 20.7. The predicted octanol–water partition coefficient (Wildman–Crippen LogP) is 4.97. The van der Waals surface area contributed by atoms with Crippen LogP contribution in [0.4, 0.5) is 0 Å². The first-order valence-electron chi connectivity index (χ1n) is 9.19. The summed E-state index contributed by atoms with van der Waals surface area (Å²) >= 11 is 12.6. The second-order valence-corrected chi connectivity index (χ2v) is 7.17. The highest BCUT2D eigenvalue weighted by Gasteiger charge is 2.18. The number of benzene rings is 2. The van der Waals surface area contributed by atoms with Gasteiger partial charge in [-0.3, -0.25) is 4.79 Å². The molecule has 0 aliphatic heterocycles. The van der Waals surface area contributed by atoms with E-state index in [-0.39, 0.29) is 11.6 Å². The van der Waals surface area contributed by atoms with Gasteiger partial charge in [-0.05, 0) is 42.5 Å². The summed E-state index contributed by atoms with van der Waals surface area (Å²) in [4.78, 5) is 12.1. The Kier molecular flexibility index (Phi) is 6.35. The molecule has 0 saturated heterocycles. The molecule has 4 rings (SSSR count). The van der Waals surface area contributed by atoms with Crippen LogP contribution in [0.5, 0.6) is 5.75 Å². The third kappa shape index (κ3) is 4.96. The van der Waals surface area contributed by atoms with Crippen molar-refractivity contribution in [2.75, 3.05) is 6.61 Å². The van der Waals surface area contributed by atoms with Gasteiger partial charge in [0.1, 0.15) is 11.5 Å². The molecule has 2 heterocycles. The van der Waals surface area contributed by atoms with E-state index >= 15 is 0 Å². The summed E-state index contributed by atoms with van der Waals surface area (Å²) in [6.45, 7) is -0.302. The molecule has 9 heteroatoms. The average molecular weight is 455 g/mol. The monoisotopic (exact) mass is 454 g/mol. The van der Waals surface area contributed by atoms with Gasteiger partial charge in [-0.15, -0.1) is 0 Å². The lowest BCUT2D eigenvalue weighted by Crippen LogP contribution is -2.24. The summed E-state index contributed by atoms with van der Waals surface area (Å²) in [7, 11) is 0. The molecular weight excluding hydrogens is 439 g/mol. The fraction of sp³-hybridized carbons (Fsp3) is 0.0455. The highest BCUT2D eigenvalue weighted by molar-refractivity contribution is 6.36. The number of carbonyl (C=O) groups excluding carboxylic acids is 1. The van der Waals surface area contributed by atoms with E-state index in [0.29, 0.717) is 27.8 Å². The minimum absolute atomic E-state index is 0.273. The van der Waals surface area contributed by atoms with Crippen LogP contribution in [0, 0.1) is 0 Å². The number of carbonyl (C=O) groups is 1. The van der Waals surface area contributed by atoms with Gasteiger partial charge in [0.25, 0.3) is 5.91 Å². The second kappa shape index (κ2) is 9.51. The Morgan fingerprint density at radius 3 is 2.77 bits per heavy atom. The standard InChI is InChI=1S/C22H16Cl2N4O3/c23-15-11-18(20-8-9-26-28(20)16-5-2-1-3-6-16)22(19(24)12-15)31-14-21(29)27-25-13-17-7-4-10-30-17/h1-13H,14H2,(H,27,29)/b25-13+. The molecule has 1 N–H and O–H groups in total. The van der Waals surface area contributed by atoms with Gasteiger partial charge in [-0.25, -0.2) is 10.1 Å². The molecule has 2 aromatic heterocycles. The molecule has 0 spiro atoms. The summed E-state index contributed by atoms with van der Waals surface area (Å²) in [5.74, 6) is 0.365. The van der Waals surface area contributed by atoms with Gasteiger partial charge in [0.05, 0.1) is 35.1 Å². The van der Waals surface area contributed by atoms with Crippen molar-refractivity contribution in [2.45, 2.75) is 0 Å². The summed E-state index contributed by atoms with van der Waals surface area (Å²) < 4.78 is 12.6. The van der Waals surface area contributed by atoms with Crippen LogP contribution in [0.25, 0.3) is 16.9 Å². The zero-order valence-electron chi connectivity index (χ0n) is 16.0. The molecule has 0 bridgehead atoms. The van der Waals surface area contributed by atoms with Crippen LogP contribution in [0.15, 0.2) is 82.6 Å². The van der Waals surface area contributed by atoms with Gasteiger partial charge in [0.15, 0.2) is 6.61 Å². The van der Waals surface area contributed by atoms with Crippen LogP contribution < -0.4 is 10.2 Å². The lowest BCUT2D eigenvalue weighted by atomic mass is 10.1. The number of para-hydroxylation sites is 1. The van der Waals surface area contributed by atoms with Crippen molar-refractivity contribution in [3.05, 3.63) is 88.9 Å². The number of hydrogen-bond donors (Lipinski definition) is 1. The topological polar surface area (TPSA) is 81.6 Å². The van der Waals surface area contributed by atoms with E-state index < -0.39 is 5.91 Å². The number of halogens is 2. The van der Waals surface area contributed by atoms with Crippen molar-refractivity contribution >= 4 is 35.3 Å². The Morgan fingerprint density at radius 1 is 1.16 bits per heavy atom. The molecule has 0 aliphatic rings. The average Bonchev–Trinajstić information content (AvgIpc) is 3.45. The number of nitrogens with one attached hydrogen (secondary N) is 1. The molecule has 0 radical (unpaired) electrons. The van der Waals surface area contributed by atoms with Crippen LogP contribution in [-0.4, -0.2) is 28.5 Å². The molecule has 2 aromatic carbocycles. The van der Waals surface area contributed by atoms with Crippen molar-refractivity contribution < 1.29 is 13.9 Å². The van der Waals surface area contributed by atoms with Crippen LogP contribution >= 0.6 is 23.2 Å². The minimum Gasteiger partial charge on any atom is -0.481 e. The van der Waals surface area contributed by atoms with Crippen LogP contribution in [0.3, 0.4) is 0 Å². The second-order valence-electron chi connectivity index (χ2n) is 6.33. The maximum atomic E-state index is 12.1. The molecule has 0 atom stereocenters. The third-order valence-electron chi connectivity index (χ3n) is 4.20. The van der Waals surface area contributed by atoms with E-state index in [4.69, 9.17) is 32.4 Å². The van der Waals surface area contributed by atoms with Crippen molar-refractivity contribution in [2.24, 2.45) is 5.10 Å². The van der Waals surface area contributed by atoms with Crippen LogP contribution in [0.2, 0.25) is 10.0 Å². The summed E-state index contributed by atoms with van der Waals surface area (Å²) in [6.07, 6.45) is 4.56. The highest BCUT2D eigenvalue weighted by Crippen LogP contribution is 2.39. The molecule has 0 saturated carbocycles. The number of amides is 1. The number of nitrogens with zero attached hydrogens (tertiary/aromatic N) is 3. The van der Waals surface area contributed by atoms with Gasteiger partial charge in [0.2, 0.25) is 0 Å². The molecule has 0 aliphatic carbocycles. The van der Waals surface area contributed by atoms with Crippen LogP contribution in [0.1, 0.15) is 5.76 Å². The number of aromatic nitrogens is 2. The fourth-order valence-corrected chi connectivity index (χ4v) is 3.43. The van der Waals surface area contributed by atoms with E-state index in [2.05, 4.69) is 15.6 Å². The molecule has 0 unspecified atom stereocenters. The fourth-order valence-electron chi connectivity index (χ4n) is 2.88. The van der Waals surface area contributed by atoms with E-state index in [1.165, 1.54) is 12.5 Å². The van der Waals surface area contributed by atoms with Gasteiger partial charge in [0, 0.05) is 10.6 Å². The maximum absolute atomic E-state index is 12.1. The SMILES string of the molecule is O=C(COc1c(Cl)cc(Cl)cc1-c1ccnn1-c1ccccc1)N/N=C/c1ccco1. The number of furan rings is 1. The van der Waals surface area contributed by atoms with E-state index in [0.717, 1.165) is 5.69 Å². The molecule has 1 amide bonds. The van der Waals surface area contributed by atoms with Crippen molar-refractivity contribution in [3.63, 3.8) is 0 Å². The number of hydrazone groups is 1. The van der Waals surface area contributed by atoms with E-state index in [9.17, 15) is 4.79 Å². The van der Waals surface area contributed by atoms with Gasteiger partial charge < -0.3 is 9.15 Å². The number of ether oxygens (including phenoxy) is 1. The van der Waals surface area contributed by atoms with Crippen molar-refractivity contribution in [1.82, 2.24) is 15.2 Å². The Morgan fingerprint density at radius 2 is 2.00 bits per heavy atom. The van der Waals surface area contributed by atoms with Crippen molar-refractivity contribution in [1.29, 1.82) is 0 Å².